The van der Waals surface area contributed by atoms with Crippen molar-refractivity contribution < 1.29 is 4.79 Å². The Morgan fingerprint density at radius 2 is 2.17 bits per heavy atom. The Kier molecular flexibility index (Phi) is 6.39. The molecule has 0 radical (unpaired) electrons. The predicted octanol–water partition coefficient (Wildman–Crippen LogP) is 2.52. The van der Waals surface area contributed by atoms with Crippen molar-refractivity contribution in [3.63, 3.8) is 0 Å². The Morgan fingerprint density at radius 3 is 2.83 bits per heavy atom. The van der Waals surface area contributed by atoms with E-state index in [1.807, 2.05) is 24.3 Å². The molecule has 2 rings (SSSR count). The van der Waals surface area contributed by atoms with Gasteiger partial charge in [0.15, 0.2) is 0 Å². The molecule has 1 aliphatic heterocycles. The van der Waals surface area contributed by atoms with Crippen LogP contribution in [0.5, 0.6) is 0 Å². The van der Waals surface area contributed by atoms with Crippen LogP contribution in [0.15, 0.2) is 40.4 Å². The molecule has 0 spiro atoms. The molecule has 0 unspecified atom stereocenters. The Labute approximate surface area is 122 Å². The van der Waals surface area contributed by atoms with Gasteiger partial charge in [0, 0.05) is 17.6 Å². The number of carbonyl (C=O) groups is 1. The average Bonchev–Trinajstić information content (AvgIpc) is 2.38. The normalized spacial score (nSPS) is 14.4. The number of hydrogen-bond donors (Lipinski definition) is 2. The molecule has 0 aliphatic carbocycles. The quantitative estimate of drug-likeness (QED) is 0.836. The fourth-order valence-electron chi connectivity index (χ4n) is 1.76. The minimum absolute atomic E-state index is 0. The largest absolute Gasteiger partial charge is 0.348 e. The Balaban J connectivity index is 0.00000162. The zero-order valence-electron chi connectivity index (χ0n) is 9.91. The summed E-state index contributed by atoms with van der Waals surface area (Å²) in [5.41, 5.74) is 1.98. The Bertz CT molecular complexity index is 448. The number of nitrogens with one attached hydrogen (secondary N) is 2. The average molecular weight is 332 g/mol. The van der Waals surface area contributed by atoms with Gasteiger partial charge in [-0.2, -0.15) is 0 Å². The summed E-state index contributed by atoms with van der Waals surface area (Å²) in [5, 5.41) is 6.19. The van der Waals surface area contributed by atoms with E-state index in [0.29, 0.717) is 12.1 Å². The van der Waals surface area contributed by atoms with Crippen molar-refractivity contribution in [1.82, 2.24) is 10.6 Å². The first kappa shape index (κ1) is 15.2. The van der Waals surface area contributed by atoms with Gasteiger partial charge in [0.25, 0.3) is 5.91 Å². The number of carbonyl (C=O) groups excluding carboxylic acids is 1. The van der Waals surface area contributed by atoms with Crippen molar-refractivity contribution in [2.24, 2.45) is 0 Å². The van der Waals surface area contributed by atoms with Crippen LogP contribution in [-0.2, 0) is 0 Å². The molecular weight excluding hydrogens is 316 g/mol. The second-order valence-electron chi connectivity index (χ2n) is 3.98. The molecule has 5 heteroatoms. The number of hydrogen-bond acceptors (Lipinski definition) is 2. The lowest BCUT2D eigenvalue weighted by atomic mass is 10.1. The third-order valence-electron chi connectivity index (χ3n) is 2.75. The van der Waals surface area contributed by atoms with Gasteiger partial charge in [-0.25, -0.2) is 0 Å². The zero-order chi connectivity index (χ0) is 12.1. The van der Waals surface area contributed by atoms with Gasteiger partial charge in [-0.3, -0.25) is 4.79 Å². The molecule has 1 aromatic carbocycles. The molecule has 2 N–H and O–H groups in total. The van der Waals surface area contributed by atoms with Crippen molar-refractivity contribution in [2.45, 2.75) is 6.42 Å². The second kappa shape index (κ2) is 7.56. The Hall–Kier alpha value is -0.840. The van der Waals surface area contributed by atoms with Gasteiger partial charge in [-0.05, 0) is 41.0 Å². The van der Waals surface area contributed by atoms with Crippen LogP contribution in [-0.4, -0.2) is 25.5 Å². The van der Waals surface area contributed by atoms with Crippen LogP contribution in [0, 0.1) is 0 Å². The SMILES string of the molecule is Cl.O=C(NCC1=CCNCC1)c1ccccc1Br. The summed E-state index contributed by atoms with van der Waals surface area (Å²) in [6.07, 6.45) is 3.15. The first-order valence-corrected chi connectivity index (χ1v) is 6.48. The first-order valence-electron chi connectivity index (χ1n) is 5.69. The topological polar surface area (TPSA) is 41.1 Å². The van der Waals surface area contributed by atoms with Gasteiger partial charge in [0.1, 0.15) is 0 Å². The molecule has 98 valence electrons. The lowest BCUT2D eigenvalue weighted by Crippen LogP contribution is -2.29. The minimum atomic E-state index is -0.0306. The highest BCUT2D eigenvalue weighted by Gasteiger charge is 2.10. The molecule has 1 aromatic rings. The zero-order valence-corrected chi connectivity index (χ0v) is 12.3. The van der Waals surface area contributed by atoms with Gasteiger partial charge in [-0.15, -0.1) is 12.4 Å². The summed E-state index contributed by atoms with van der Waals surface area (Å²) in [5.74, 6) is -0.0306. The first-order chi connectivity index (χ1) is 8.27. The molecule has 1 aliphatic rings. The Morgan fingerprint density at radius 1 is 1.39 bits per heavy atom. The van der Waals surface area contributed by atoms with E-state index < -0.39 is 0 Å². The van der Waals surface area contributed by atoms with E-state index in [1.165, 1.54) is 5.57 Å². The van der Waals surface area contributed by atoms with Crippen LogP contribution in [0.4, 0.5) is 0 Å². The van der Waals surface area contributed by atoms with Crippen molar-refractivity contribution in [2.75, 3.05) is 19.6 Å². The maximum atomic E-state index is 11.9. The molecule has 0 atom stereocenters. The van der Waals surface area contributed by atoms with Crippen LogP contribution in [0.1, 0.15) is 16.8 Å². The van der Waals surface area contributed by atoms with Crippen molar-refractivity contribution in [3.8, 4) is 0 Å². The van der Waals surface area contributed by atoms with Gasteiger partial charge in [0.05, 0.1) is 5.56 Å². The molecule has 18 heavy (non-hydrogen) atoms. The molecular formula is C13H16BrClN2O. The molecule has 0 aromatic heterocycles. The summed E-state index contributed by atoms with van der Waals surface area (Å²) in [4.78, 5) is 11.9. The predicted molar refractivity (Wildman–Crippen MR) is 79.3 cm³/mol. The van der Waals surface area contributed by atoms with Crippen LogP contribution in [0.25, 0.3) is 0 Å². The van der Waals surface area contributed by atoms with Crippen LogP contribution in [0.2, 0.25) is 0 Å². The van der Waals surface area contributed by atoms with Gasteiger partial charge in [-0.1, -0.05) is 23.8 Å². The summed E-state index contributed by atoms with van der Waals surface area (Å²) in [6, 6.07) is 7.45. The monoisotopic (exact) mass is 330 g/mol. The third kappa shape index (κ3) is 4.12. The van der Waals surface area contributed by atoms with Crippen LogP contribution >= 0.6 is 28.3 Å². The number of rotatable bonds is 3. The lowest BCUT2D eigenvalue weighted by molar-refractivity contribution is 0.0956. The van der Waals surface area contributed by atoms with E-state index in [1.54, 1.807) is 0 Å². The van der Waals surface area contributed by atoms with E-state index >= 15 is 0 Å². The highest BCUT2D eigenvalue weighted by atomic mass is 79.9. The molecule has 0 saturated carbocycles. The highest BCUT2D eigenvalue weighted by Crippen LogP contribution is 2.15. The molecule has 3 nitrogen and oxygen atoms in total. The number of halogens is 2. The highest BCUT2D eigenvalue weighted by molar-refractivity contribution is 9.10. The lowest BCUT2D eigenvalue weighted by Gasteiger charge is -2.14. The summed E-state index contributed by atoms with van der Waals surface area (Å²) < 4.78 is 0.830. The van der Waals surface area contributed by atoms with Gasteiger partial charge >= 0.3 is 0 Å². The second-order valence-corrected chi connectivity index (χ2v) is 4.83. The third-order valence-corrected chi connectivity index (χ3v) is 3.44. The van der Waals surface area contributed by atoms with E-state index in [4.69, 9.17) is 0 Å². The maximum absolute atomic E-state index is 11.9. The van der Waals surface area contributed by atoms with E-state index in [0.717, 1.165) is 24.0 Å². The molecule has 0 saturated heterocycles. The van der Waals surface area contributed by atoms with Crippen molar-refractivity contribution >= 4 is 34.2 Å². The van der Waals surface area contributed by atoms with E-state index in [-0.39, 0.29) is 18.3 Å². The molecule has 0 bridgehead atoms. The fourth-order valence-corrected chi connectivity index (χ4v) is 2.23. The van der Waals surface area contributed by atoms with Crippen LogP contribution in [0.3, 0.4) is 0 Å². The van der Waals surface area contributed by atoms with Crippen molar-refractivity contribution in [3.05, 3.63) is 46.0 Å². The van der Waals surface area contributed by atoms with Gasteiger partial charge in [0.2, 0.25) is 0 Å². The minimum Gasteiger partial charge on any atom is -0.348 e. The van der Waals surface area contributed by atoms with E-state index in [2.05, 4.69) is 32.6 Å². The number of amides is 1. The molecule has 1 heterocycles. The maximum Gasteiger partial charge on any atom is 0.252 e. The summed E-state index contributed by atoms with van der Waals surface area (Å²) in [7, 11) is 0. The molecule has 1 amide bonds. The summed E-state index contributed by atoms with van der Waals surface area (Å²) in [6.45, 7) is 2.54. The molecule has 0 fully saturated rings. The fraction of sp³-hybridized carbons (Fsp3) is 0.308. The van der Waals surface area contributed by atoms with E-state index in [9.17, 15) is 4.79 Å². The van der Waals surface area contributed by atoms with Gasteiger partial charge < -0.3 is 10.6 Å². The van der Waals surface area contributed by atoms with Crippen LogP contribution < -0.4 is 10.6 Å². The number of benzene rings is 1. The summed E-state index contributed by atoms with van der Waals surface area (Å²) >= 11 is 3.38. The van der Waals surface area contributed by atoms with Crippen molar-refractivity contribution in [1.29, 1.82) is 0 Å². The smallest absolute Gasteiger partial charge is 0.252 e. The standard InChI is InChI=1S/C13H15BrN2O.ClH/c14-12-4-2-1-3-11(12)13(17)16-9-10-5-7-15-8-6-10;/h1-5,15H,6-9H2,(H,16,17);1H.